The lowest BCUT2D eigenvalue weighted by Crippen LogP contribution is -2.18. The van der Waals surface area contributed by atoms with E-state index in [0.717, 1.165) is 19.6 Å². The minimum Gasteiger partial charge on any atom is -0.467 e. The van der Waals surface area contributed by atoms with E-state index in [1.165, 1.54) is 20.6 Å². The molecule has 2 rings (SSSR count). The third-order valence-corrected chi connectivity index (χ3v) is 2.67. The van der Waals surface area contributed by atoms with Gasteiger partial charge in [-0.15, -0.1) is 4.98 Å². The number of rotatable bonds is 5. The summed E-state index contributed by atoms with van der Waals surface area (Å²) in [6.45, 7) is 2.95. The van der Waals surface area contributed by atoms with Gasteiger partial charge < -0.3 is 20.1 Å². The Morgan fingerprint density at radius 1 is 1.24 bits per heavy atom. The van der Waals surface area contributed by atoms with Crippen LogP contribution < -0.4 is 20.1 Å². The first-order valence-electron chi connectivity index (χ1n) is 5.60. The van der Waals surface area contributed by atoms with Gasteiger partial charge in [-0.25, -0.2) is 0 Å². The summed E-state index contributed by atoms with van der Waals surface area (Å²) >= 11 is 0. The summed E-state index contributed by atoms with van der Waals surface area (Å²) in [6.07, 6.45) is 1.17. The maximum atomic E-state index is 4.97. The van der Waals surface area contributed by atoms with E-state index in [4.69, 9.17) is 9.47 Å². The average molecular weight is 239 g/mol. The fraction of sp³-hybridized carbons (Fsp3) is 0.700. The predicted molar refractivity (Wildman–Crippen MR) is 62.4 cm³/mol. The van der Waals surface area contributed by atoms with Crippen molar-refractivity contribution in [1.82, 2.24) is 20.3 Å². The molecule has 1 atom stereocenters. The molecular weight excluding hydrogens is 222 g/mol. The Morgan fingerprint density at radius 2 is 1.94 bits per heavy atom. The molecule has 1 aromatic heterocycles. The molecule has 1 aliphatic rings. The monoisotopic (exact) mass is 239 g/mol. The molecule has 1 fully saturated rings. The van der Waals surface area contributed by atoms with E-state index in [-0.39, 0.29) is 12.0 Å². The van der Waals surface area contributed by atoms with Gasteiger partial charge in [0, 0.05) is 6.54 Å². The second kappa shape index (κ2) is 5.62. The van der Waals surface area contributed by atoms with Crippen molar-refractivity contribution in [2.45, 2.75) is 6.42 Å². The smallest absolute Gasteiger partial charge is 0.324 e. The fourth-order valence-electron chi connectivity index (χ4n) is 1.72. The third kappa shape index (κ3) is 3.16. The first-order valence-corrected chi connectivity index (χ1v) is 5.60. The van der Waals surface area contributed by atoms with E-state index < -0.39 is 0 Å². The number of nitrogens with one attached hydrogen (secondary N) is 2. The van der Waals surface area contributed by atoms with E-state index in [1.54, 1.807) is 0 Å². The topological polar surface area (TPSA) is 81.2 Å². The van der Waals surface area contributed by atoms with Crippen molar-refractivity contribution in [3.8, 4) is 12.0 Å². The van der Waals surface area contributed by atoms with Gasteiger partial charge in [-0.05, 0) is 25.4 Å². The number of methoxy groups -OCH3 is 2. The number of anilines is 1. The number of hydrogen-bond donors (Lipinski definition) is 2. The molecule has 0 radical (unpaired) electrons. The van der Waals surface area contributed by atoms with Crippen molar-refractivity contribution in [2.75, 3.05) is 39.2 Å². The highest BCUT2D eigenvalue weighted by molar-refractivity contribution is 5.27. The van der Waals surface area contributed by atoms with Gasteiger partial charge in [0.1, 0.15) is 0 Å². The number of ether oxygens (including phenoxy) is 2. The molecular formula is C10H17N5O2. The SMILES string of the molecule is COc1nc(NCC2CCNC2)nc(OC)n1. The lowest BCUT2D eigenvalue weighted by atomic mass is 10.1. The molecule has 17 heavy (non-hydrogen) atoms. The molecule has 2 N–H and O–H groups in total. The van der Waals surface area contributed by atoms with E-state index >= 15 is 0 Å². The lowest BCUT2D eigenvalue weighted by molar-refractivity contribution is 0.341. The average Bonchev–Trinajstić information content (AvgIpc) is 2.89. The van der Waals surface area contributed by atoms with E-state index in [0.29, 0.717) is 11.9 Å². The van der Waals surface area contributed by atoms with Crippen LogP contribution in [-0.4, -0.2) is 48.8 Å². The molecule has 7 nitrogen and oxygen atoms in total. The normalized spacial score (nSPS) is 19.1. The Morgan fingerprint density at radius 3 is 2.47 bits per heavy atom. The van der Waals surface area contributed by atoms with Gasteiger partial charge in [-0.3, -0.25) is 0 Å². The van der Waals surface area contributed by atoms with E-state index in [9.17, 15) is 0 Å². The van der Waals surface area contributed by atoms with Gasteiger partial charge in [-0.1, -0.05) is 0 Å². The van der Waals surface area contributed by atoms with Crippen LogP contribution in [0.2, 0.25) is 0 Å². The molecule has 1 saturated heterocycles. The van der Waals surface area contributed by atoms with Crippen LogP contribution in [-0.2, 0) is 0 Å². The molecule has 0 amide bonds. The van der Waals surface area contributed by atoms with Crippen LogP contribution in [0.1, 0.15) is 6.42 Å². The first-order chi connectivity index (χ1) is 8.31. The minimum atomic E-state index is 0.254. The summed E-state index contributed by atoms with van der Waals surface area (Å²) < 4.78 is 9.95. The zero-order valence-electron chi connectivity index (χ0n) is 10.1. The van der Waals surface area contributed by atoms with Crippen LogP contribution in [0.4, 0.5) is 5.95 Å². The highest BCUT2D eigenvalue weighted by Crippen LogP contribution is 2.13. The lowest BCUT2D eigenvalue weighted by Gasteiger charge is -2.10. The Kier molecular flexibility index (Phi) is 3.92. The summed E-state index contributed by atoms with van der Waals surface area (Å²) in [5.41, 5.74) is 0. The van der Waals surface area contributed by atoms with Gasteiger partial charge in [0.2, 0.25) is 5.95 Å². The van der Waals surface area contributed by atoms with Gasteiger partial charge in [0.15, 0.2) is 0 Å². The molecule has 7 heteroatoms. The Balaban J connectivity index is 1.98. The van der Waals surface area contributed by atoms with Crippen LogP contribution >= 0.6 is 0 Å². The van der Waals surface area contributed by atoms with Gasteiger partial charge in [-0.2, -0.15) is 9.97 Å². The minimum absolute atomic E-state index is 0.254. The quantitative estimate of drug-likeness (QED) is 0.743. The van der Waals surface area contributed by atoms with Gasteiger partial charge in [0.05, 0.1) is 14.2 Å². The highest BCUT2D eigenvalue weighted by Gasteiger charge is 2.15. The van der Waals surface area contributed by atoms with Crippen molar-refractivity contribution in [1.29, 1.82) is 0 Å². The molecule has 94 valence electrons. The maximum Gasteiger partial charge on any atom is 0.324 e. The summed E-state index contributed by atoms with van der Waals surface area (Å²) in [6, 6.07) is 0.507. The van der Waals surface area contributed by atoms with Crippen molar-refractivity contribution in [2.24, 2.45) is 5.92 Å². The van der Waals surface area contributed by atoms with Crippen LogP contribution in [0.15, 0.2) is 0 Å². The van der Waals surface area contributed by atoms with Gasteiger partial charge >= 0.3 is 12.0 Å². The largest absolute Gasteiger partial charge is 0.467 e. The van der Waals surface area contributed by atoms with Crippen LogP contribution in [0.5, 0.6) is 12.0 Å². The van der Waals surface area contributed by atoms with Crippen LogP contribution in [0, 0.1) is 5.92 Å². The van der Waals surface area contributed by atoms with Gasteiger partial charge in [0.25, 0.3) is 0 Å². The molecule has 1 aromatic rings. The predicted octanol–water partition coefficient (Wildman–Crippen LogP) is -0.0898. The summed E-state index contributed by atoms with van der Waals surface area (Å²) in [4.78, 5) is 12.1. The molecule has 0 aliphatic carbocycles. The van der Waals surface area contributed by atoms with Crippen LogP contribution in [0.3, 0.4) is 0 Å². The number of nitrogens with zero attached hydrogens (tertiary/aromatic N) is 3. The fourth-order valence-corrected chi connectivity index (χ4v) is 1.72. The van der Waals surface area contributed by atoms with Crippen molar-refractivity contribution in [3.05, 3.63) is 0 Å². The van der Waals surface area contributed by atoms with Crippen molar-refractivity contribution in [3.63, 3.8) is 0 Å². The highest BCUT2D eigenvalue weighted by atomic mass is 16.5. The zero-order chi connectivity index (χ0) is 12.1. The molecule has 0 bridgehead atoms. The molecule has 0 saturated carbocycles. The number of hydrogen-bond acceptors (Lipinski definition) is 7. The Hall–Kier alpha value is -1.63. The third-order valence-electron chi connectivity index (χ3n) is 2.67. The summed E-state index contributed by atoms with van der Waals surface area (Å²) in [7, 11) is 3.03. The standard InChI is InChI=1S/C10H17N5O2/c1-16-9-13-8(14-10(15-9)17-2)12-6-7-3-4-11-5-7/h7,11H,3-6H2,1-2H3,(H,12,13,14,15). The molecule has 1 aliphatic heterocycles. The Bertz CT molecular complexity index is 345. The second-order valence-electron chi connectivity index (χ2n) is 3.87. The molecule has 0 aromatic carbocycles. The van der Waals surface area contributed by atoms with E-state index in [1.807, 2.05) is 0 Å². The zero-order valence-corrected chi connectivity index (χ0v) is 10.1. The molecule has 0 spiro atoms. The summed E-state index contributed by atoms with van der Waals surface area (Å²) in [5, 5.41) is 6.48. The Labute approximate surface area is 100.0 Å². The second-order valence-corrected chi connectivity index (χ2v) is 3.87. The van der Waals surface area contributed by atoms with Crippen molar-refractivity contribution < 1.29 is 9.47 Å². The first kappa shape index (κ1) is 11.8. The number of aromatic nitrogens is 3. The van der Waals surface area contributed by atoms with Crippen molar-refractivity contribution >= 4 is 5.95 Å². The maximum absolute atomic E-state index is 4.97. The van der Waals surface area contributed by atoms with Crippen LogP contribution in [0.25, 0.3) is 0 Å². The molecule has 1 unspecified atom stereocenters. The summed E-state index contributed by atoms with van der Waals surface area (Å²) in [5.74, 6) is 1.10. The molecule has 2 heterocycles. The van der Waals surface area contributed by atoms with E-state index in [2.05, 4.69) is 25.6 Å².